The van der Waals surface area contributed by atoms with Crippen LogP contribution in [0.1, 0.15) is 20.3 Å². The summed E-state index contributed by atoms with van der Waals surface area (Å²) in [5.41, 5.74) is 0. The van der Waals surface area contributed by atoms with Crippen LogP contribution in [0.2, 0.25) is 0 Å². The van der Waals surface area contributed by atoms with Crippen molar-refractivity contribution in [2.24, 2.45) is 0 Å². The molecule has 0 unspecified atom stereocenters. The highest BCUT2D eigenvalue weighted by Crippen LogP contribution is 2.15. The smallest absolute Gasteiger partial charge is 0.246 e. The van der Waals surface area contributed by atoms with E-state index in [1.807, 2.05) is 0 Å². The summed E-state index contributed by atoms with van der Waals surface area (Å²) >= 11 is 0. The number of hydrogen-bond donors (Lipinski definition) is 0. The van der Waals surface area contributed by atoms with Crippen LogP contribution < -0.4 is 0 Å². The third-order valence-corrected chi connectivity index (χ3v) is 3.03. The lowest BCUT2D eigenvalue weighted by Gasteiger charge is -2.42. The summed E-state index contributed by atoms with van der Waals surface area (Å²) in [5, 5.41) is 8.78. The fourth-order valence-electron chi connectivity index (χ4n) is 2.04. The van der Waals surface area contributed by atoms with E-state index in [1.54, 1.807) is 4.90 Å². The van der Waals surface area contributed by atoms with E-state index < -0.39 is 0 Å². The molecular weight excluding hydrogens is 202 g/mol. The topological polar surface area (TPSA) is 47.3 Å². The highest BCUT2D eigenvalue weighted by molar-refractivity contribution is 5.87. The lowest BCUT2D eigenvalue weighted by atomic mass is 10.1. The summed E-state index contributed by atoms with van der Waals surface area (Å²) in [5.74, 6) is -0.0661. The Morgan fingerprint density at radius 3 is 2.81 bits per heavy atom. The zero-order valence-electron chi connectivity index (χ0n) is 10.0. The molecule has 0 aromatic carbocycles. The molecule has 1 heterocycles. The molecule has 0 aromatic heterocycles. The van der Waals surface area contributed by atoms with Gasteiger partial charge in [0.2, 0.25) is 5.91 Å². The summed E-state index contributed by atoms with van der Waals surface area (Å²) in [4.78, 5) is 15.7. The van der Waals surface area contributed by atoms with E-state index in [1.165, 1.54) is 6.08 Å². The summed E-state index contributed by atoms with van der Waals surface area (Å²) < 4.78 is 0. The Balaban J connectivity index is 2.71. The monoisotopic (exact) mass is 221 g/mol. The Bertz CT molecular complexity index is 306. The summed E-state index contributed by atoms with van der Waals surface area (Å²) in [6, 6.07) is 2.62. The zero-order valence-corrected chi connectivity index (χ0v) is 10.0. The van der Waals surface area contributed by atoms with Crippen molar-refractivity contribution in [3.05, 3.63) is 12.7 Å². The van der Waals surface area contributed by atoms with Crippen LogP contribution in [-0.2, 0) is 4.79 Å². The van der Waals surface area contributed by atoms with Gasteiger partial charge in [0.25, 0.3) is 0 Å². The molecule has 1 rings (SSSR count). The van der Waals surface area contributed by atoms with Crippen molar-refractivity contribution < 1.29 is 4.79 Å². The van der Waals surface area contributed by atoms with Crippen LogP contribution in [0.15, 0.2) is 12.7 Å². The zero-order chi connectivity index (χ0) is 12.1. The van der Waals surface area contributed by atoms with Gasteiger partial charge in [-0.15, -0.1) is 0 Å². The molecule has 16 heavy (non-hydrogen) atoms. The molecule has 4 heteroatoms. The number of rotatable bonds is 3. The summed E-state index contributed by atoms with van der Waals surface area (Å²) in [7, 11) is 0. The minimum Gasteiger partial charge on any atom is -0.333 e. The van der Waals surface area contributed by atoms with E-state index in [4.69, 9.17) is 5.26 Å². The number of nitriles is 1. The molecule has 0 spiro atoms. The van der Waals surface area contributed by atoms with Crippen molar-refractivity contribution in [1.29, 1.82) is 5.26 Å². The van der Waals surface area contributed by atoms with E-state index in [-0.39, 0.29) is 11.9 Å². The predicted octanol–water partition coefficient (Wildman–Crippen LogP) is 1.01. The Morgan fingerprint density at radius 1 is 1.62 bits per heavy atom. The van der Waals surface area contributed by atoms with Gasteiger partial charge in [0, 0.05) is 25.7 Å². The minimum absolute atomic E-state index is 0.00616. The van der Waals surface area contributed by atoms with Gasteiger partial charge in [-0.05, 0) is 19.9 Å². The lowest BCUT2D eigenvalue weighted by molar-refractivity contribution is -0.131. The fraction of sp³-hybridized carbons (Fsp3) is 0.667. The molecule has 1 fully saturated rings. The number of piperazine rings is 1. The Hall–Kier alpha value is -1.34. The minimum atomic E-state index is -0.0661. The number of hydrogen-bond acceptors (Lipinski definition) is 3. The van der Waals surface area contributed by atoms with E-state index >= 15 is 0 Å². The van der Waals surface area contributed by atoms with Gasteiger partial charge in [-0.3, -0.25) is 9.69 Å². The van der Waals surface area contributed by atoms with E-state index in [2.05, 4.69) is 31.4 Å². The molecule has 1 amide bonds. The molecule has 0 N–H and O–H groups in total. The largest absolute Gasteiger partial charge is 0.333 e. The van der Waals surface area contributed by atoms with Crippen molar-refractivity contribution in [3.8, 4) is 6.07 Å². The second kappa shape index (κ2) is 5.66. The van der Waals surface area contributed by atoms with Crippen LogP contribution in [0.3, 0.4) is 0 Å². The molecule has 0 radical (unpaired) electrons. The SMILES string of the molecule is C=CC(=O)N1CCN(C(C)C)C[C@@H]1CC#N. The van der Waals surface area contributed by atoms with Gasteiger partial charge in [-0.25, -0.2) is 0 Å². The molecule has 1 aliphatic heterocycles. The van der Waals surface area contributed by atoms with Crippen LogP contribution >= 0.6 is 0 Å². The van der Waals surface area contributed by atoms with Gasteiger partial charge in [-0.1, -0.05) is 6.58 Å². The molecule has 88 valence electrons. The fourth-order valence-corrected chi connectivity index (χ4v) is 2.04. The van der Waals surface area contributed by atoms with E-state index in [0.29, 0.717) is 19.0 Å². The molecule has 1 atom stereocenters. The molecular formula is C12H19N3O. The third kappa shape index (κ3) is 2.83. The van der Waals surface area contributed by atoms with Gasteiger partial charge in [0.15, 0.2) is 0 Å². The highest BCUT2D eigenvalue weighted by Gasteiger charge is 2.29. The van der Waals surface area contributed by atoms with Gasteiger partial charge in [-0.2, -0.15) is 5.26 Å². The molecule has 0 aromatic rings. The Kier molecular flexibility index (Phi) is 4.51. The number of nitrogens with zero attached hydrogens (tertiary/aromatic N) is 3. The van der Waals surface area contributed by atoms with E-state index in [9.17, 15) is 4.79 Å². The Labute approximate surface area is 97.1 Å². The van der Waals surface area contributed by atoms with Crippen molar-refractivity contribution in [1.82, 2.24) is 9.80 Å². The second-order valence-corrected chi connectivity index (χ2v) is 4.34. The normalized spacial score (nSPS) is 21.9. The predicted molar refractivity (Wildman–Crippen MR) is 62.6 cm³/mol. The number of carbonyl (C=O) groups excluding carboxylic acids is 1. The maximum absolute atomic E-state index is 11.6. The maximum atomic E-state index is 11.6. The average molecular weight is 221 g/mol. The number of amides is 1. The summed E-state index contributed by atoms with van der Waals surface area (Å²) in [6.07, 6.45) is 1.72. The molecule has 0 saturated carbocycles. The van der Waals surface area contributed by atoms with E-state index in [0.717, 1.165) is 13.1 Å². The van der Waals surface area contributed by atoms with Crippen molar-refractivity contribution in [2.75, 3.05) is 19.6 Å². The first-order chi connectivity index (χ1) is 7.60. The van der Waals surface area contributed by atoms with Crippen LogP contribution in [0.5, 0.6) is 0 Å². The summed E-state index contributed by atoms with van der Waals surface area (Å²) in [6.45, 7) is 10.1. The van der Waals surface area contributed by atoms with Crippen molar-refractivity contribution >= 4 is 5.91 Å². The second-order valence-electron chi connectivity index (χ2n) is 4.34. The quantitative estimate of drug-likeness (QED) is 0.668. The lowest BCUT2D eigenvalue weighted by Crippen LogP contribution is -2.56. The van der Waals surface area contributed by atoms with Crippen LogP contribution in [0.25, 0.3) is 0 Å². The first-order valence-electron chi connectivity index (χ1n) is 5.64. The maximum Gasteiger partial charge on any atom is 0.246 e. The third-order valence-electron chi connectivity index (χ3n) is 3.03. The van der Waals surface area contributed by atoms with Crippen LogP contribution in [0, 0.1) is 11.3 Å². The van der Waals surface area contributed by atoms with Gasteiger partial charge < -0.3 is 4.90 Å². The molecule has 0 bridgehead atoms. The Morgan fingerprint density at radius 2 is 2.31 bits per heavy atom. The van der Waals surface area contributed by atoms with Gasteiger partial charge in [0.1, 0.15) is 0 Å². The van der Waals surface area contributed by atoms with Crippen LogP contribution in [-0.4, -0.2) is 47.4 Å². The first-order valence-corrected chi connectivity index (χ1v) is 5.64. The molecule has 1 aliphatic rings. The van der Waals surface area contributed by atoms with Crippen molar-refractivity contribution in [3.63, 3.8) is 0 Å². The molecule has 0 aliphatic carbocycles. The van der Waals surface area contributed by atoms with Gasteiger partial charge >= 0.3 is 0 Å². The molecule has 1 saturated heterocycles. The van der Waals surface area contributed by atoms with Crippen molar-refractivity contribution in [2.45, 2.75) is 32.4 Å². The van der Waals surface area contributed by atoms with Crippen LogP contribution in [0.4, 0.5) is 0 Å². The number of carbonyl (C=O) groups is 1. The highest BCUT2D eigenvalue weighted by atomic mass is 16.2. The molecule has 4 nitrogen and oxygen atoms in total. The average Bonchev–Trinajstić information content (AvgIpc) is 2.28. The van der Waals surface area contributed by atoms with Gasteiger partial charge in [0.05, 0.1) is 18.5 Å². The first kappa shape index (κ1) is 12.7. The standard InChI is InChI=1S/C12H19N3O/c1-4-12(16)15-8-7-14(10(2)3)9-11(15)5-6-13/h4,10-11H,1,5,7-9H2,2-3H3/t11-/m0/s1.